The van der Waals surface area contributed by atoms with Crippen LogP contribution < -0.4 is 0 Å². The standard InChI is InChI=1S/C14H21ClN2O/c1-17-12(5-8-16-17)4-6-14(10-15)7-9-18-13(14)11-2-3-11/h5,8,11,13H,2-4,6-7,9-10H2,1H3. The van der Waals surface area contributed by atoms with Crippen LogP contribution in [0, 0.1) is 11.3 Å². The fourth-order valence-corrected chi connectivity index (χ4v) is 3.66. The molecule has 2 heterocycles. The number of rotatable bonds is 5. The topological polar surface area (TPSA) is 27.1 Å². The van der Waals surface area contributed by atoms with Crippen molar-refractivity contribution in [2.75, 3.05) is 12.5 Å². The Kier molecular flexibility index (Phi) is 3.37. The van der Waals surface area contributed by atoms with Crippen LogP contribution in [0.2, 0.25) is 0 Å². The zero-order valence-corrected chi connectivity index (χ0v) is 11.7. The molecule has 1 saturated heterocycles. The van der Waals surface area contributed by atoms with Crippen molar-refractivity contribution in [3.8, 4) is 0 Å². The van der Waals surface area contributed by atoms with Crippen molar-refractivity contribution in [2.24, 2.45) is 18.4 Å². The van der Waals surface area contributed by atoms with Crippen molar-refractivity contribution in [3.63, 3.8) is 0 Å². The summed E-state index contributed by atoms with van der Waals surface area (Å²) in [6.07, 6.45) is 8.22. The minimum Gasteiger partial charge on any atom is -0.377 e. The Bertz CT molecular complexity index is 416. The number of hydrogen-bond donors (Lipinski definition) is 0. The Morgan fingerprint density at radius 2 is 2.39 bits per heavy atom. The molecule has 0 bridgehead atoms. The largest absolute Gasteiger partial charge is 0.377 e. The van der Waals surface area contributed by atoms with Crippen LogP contribution in [-0.2, 0) is 18.2 Å². The Hall–Kier alpha value is -0.540. The summed E-state index contributed by atoms with van der Waals surface area (Å²) in [4.78, 5) is 0. The Morgan fingerprint density at radius 3 is 3.00 bits per heavy atom. The third-order valence-corrected chi connectivity index (χ3v) is 5.15. The summed E-state index contributed by atoms with van der Waals surface area (Å²) in [5, 5.41) is 4.23. The highest BCUT2D eigenvalue weighted by Gasteiger charge is 2.50. The molecule has 1 saturated carbocycles. The molecule has 0 amide bonds. The van der Waals surface area contributed by atoms with Gasteiger partial charge in [0.2, 0.25) is 0 Å². The van der Waals surface area contributed by atoms with E-state index in [1.165, 1.54) is 18.5 Å². The van der Waals surface area contributed by atoms with Gasteiger partial charge in [0.15, 0.2) is 0 Å². The lowest BCUT2D eigenvalue weighted by atomic mass is 9.76. The summed E-state index contributed by atoms with van der Waals surface area (Å²) in [6.45, 7) is 0.888. The summed E-state index contributed by atoms with van der Waals surface area (Å²) >= 11 is 6.31. The number of aryl methyl sites for hydroxylation is 2. The predicted molar refractivity (Wildman–Crippen MR) is 71.8 cm³/mol. The molecule has 0 aromatic carbocycles. The van der Waals surface area contributed by atoms with Gasteiger partial charge in [0, 0.05) is 36.8 Å². The highest BCUT2D eigenvalue weighted by atomic mass is 35.5. The van der Waals surface area contributed by atoms with E-state index in [2.05, 4.69) is 11.2 Å². The molecule has 3 rings (SSSR count). The molecule has 1 aromatic heterocycles. The normalized spacial score (nSPS) is 32.0. The van der Waals surface area contributed by atoms with Gasteiger partial charge < -0.3 is 4.74 Å². The van der Waals surface area contributed by atoms with Gasteiger partial charge in [0.05, 0.1) is 6.10 Å². The molecule has 0 spiro atoms. The molecule has 100 valence electrons. The van der Waals surface area contributed by atoms with Gasteiger partial charge in [0.25, 0.3) is 0 Å². The highest BCUT2D eigenvalue weighted by molar-refractivity contribution is 6.18. The first kappa shape index (κ1) is 12.5. The molecular formula is C14H21ClN2O. The SMILES string of the molecule is Cn1nccc1CCC1(CCl)CCOC1C1CC1. The first-order chi connectivity index (χ1) is 8.75. The maximum Gasteiger partial charge on any atom is 0.0671 e. The van der Waals surface area contributed by atoms with Gasteiger partial charge in [0.1, 0.15) is 0 Å². The number of hydrogen-bond acceptors (Lipinski definition) is 2. The van der Waals surface area contributed by atoms with E-state index in [-0.39, 0.29) is 5.41 Å². The summed E-state index contributed by atoms with van der Waals surface area (Å²) in [6, 6.07) is 2.10. The molecule has 1 aliphatic heterocycles. The van der Waals surface area contributed by atoms with Crippen molar-refractivity contribution >= 4 is 11.6 Å². The summed E-state index contributed by atoms with van der Waals surface area (Å²) in [5.74, 6) is 1.50. The van der Waals surface area contributed by atoms with Crippen LogP contribution in [0.1, 0.15) is 31.4 Å². The minimum absolute atomic E-state index is 0.201. The van der Waals surface area contributed by atoms with Crippen LogP contribution in [0.5, 0.6) is 0 Å². The van der Waals surface area contributed by atoms with Crippen molar-refractivity contribution < 1.29 is 4.74 Å². The molecule has 18 heavy (non-hydrogen) atoms. The summed E-state index contributed by atoms with van der Waals surface area (Å²) in [5.41, 5.74) is 1.49. The van der Waals surface area contributed by atoms with E-state index in [0.717, 1.165) is 37.7 Å². The van der Waals surface area contributed by atoms with Crippen molar-refractivity contribution in [1.29, 1.82) is 0 Å². The third kappa shape index (κ3) is 2.19. The smallest absolute Gasteiger partial charge is 0.0671 e. The number of halogens is 1. The number of alkyl halides is 1. The van der Waals surface area contributed by atoms with Crippen LogP contribution in [-0.4, -0.2) is 28.4 Å². The first-order valence-corrected chi connectivity index (χ1v) is 7.43. The van der Waals surface area contributed by atoms with E-state index in [9.17, 15) is 0 Å². The van der Waals surface area contributed by atoms with Gasteiger partial charge in [-0.15, -0.1) is 11.6 Å². The molecule has 1 aliphatic carbocycles. The third-order valence-electron chi connectivity index (χ3n) is 4.62. The van der Waals surface area contributed by atoms with Crippen LogP contribution >= 0.6 is 11.6 Å². The van der Waals surface area contributed by atoms with Crippen molar-refractivity contribution in [3.05, 3.63) is 18.0 Å². The van der Waals surface area contributed by atoms with Crippen LogP contribution in [0.3, 0.4) is 0 Å². The quantitative estimate of drug-likeness (QED) is 0.768. The van der Waals surface area contributed by atoms with E-state index in [1.807, 2.05) is 17.9 Å². The fourth-order valence-electron chi connectivity index (χ4n) is 3.24. The van der Waals surface area contributed by atoms with Crippen LogP contribution in [0.25, 0.3) is 0 Å². The second kappa shape index (κ2) is 4.86. The Balaban J connectivity index is 1.69. The second-order valence-electron chi connectivity index (χ2n) is 5.82. The lowest BCUT2D eigenvalue weighted by Crippen LogP contribution is -2.35. The molecule has 2 unspecified atom stereocenters. The monoisotopic (exact) mass is 268 g/mol. The van der Waals surface area contributed by atoms with Gasteiger partial charge in [-0.3, -0.25) is 4.68 Å². The molecule has 0 radical (unpaired) electrons. The van der Waals surface area contributed by atoms with Gasteiger partial charge in [-0.1, -0.05) is 0 Å². The van der Waals surface area contributed by atoms with E-state index in [4.69, 9.17) is 16.3 Å². The molecular weight excluding hydrogens is 248 g/mol. The number of nitrogens with zero attached hydrogens (tertiary/aromatic N) is 2. The Labute approximate surface area is 113 Å². The second-order valence-corrected chi connectivity index (χ2v) is 6.09. The lowest BCUT2D eigenvalue weighted by Gasteiger charge is -2.32. The van der Waals surface area contributed by atoms with Gasteiger partial charge >= 0.3 is 0 Å². The maximum absolute atomic E-state index is 6.31. The van der Waals surface area contributed by atoms with Crippen LogP contribution in [0.15, 0.2) is 12.3 Å². The Morgan fingerprint density at radius 1 is 1.56 bits per heavy atom. The van der Waals surface area contributed by atoms with Gasteiger partial charge in [-0.25, -0.2) is 0 Å². The number of ether oxygens (including phenoxy) is 1. The van der Waals surface area contributed by atoms with Gasteiger partial charge in [-0.05, 0) is 44.1 Å². The van der Waals surface area contributed by atoms with Crippen LogP contribution in [0.4, 0.5) is 0 Å². The zero-order chi connectivity index (χ0) is 12.6. The molecule has 2 fully saturated rings. The van der Waals surface area contributed by atoms with E-state index >= 15 is 0 Å². The highest BCUT2D eigenvalue weighted by Crippen LogP contribution is 2.50. The summed E-state index contributed by atoms with van der Waals surface area (Å²) < 4.78 is 7.94. The molecule has 0 N–H and O–H groups in total. The zero-order valence-electron chi connectivity index (χ0n) is 10.9. The average Bonchev–Trinajstić information content (AvgIpc) is 3.01. The van der Waals surface area contributed by atoms with Gasteiger partial charge in [-0.2, -0.15) is 5.10 Å². The predicted octanol–water partition coefficient (Wildman–Crippen LogP) is 2.78. The van der Waals surface area contributed by atoms with E-state index in [1.54, 1.807) is 0 Å². The van der Waals surface area contributed by atoms with E-state index < -0.39 is 0 Å². The molecule has 1 aromatic rings. The summed E-state index contributed by atoms with van der Waals surface area (Å²) in [7, 11) is 2.01. The molecule has 2 aliphatic rings. The minimum atomic E-state index is 0.201. The molecule has 3 nitrogen and oxygen atoms in total. The van der Waals surface area contributed by atoms with Crippen molar-refractivity contribution in [2.45, 2.75) is 38.2 Å². The fraction of sp³-hybridized carbons (Fsp3) is 0.786. The lowest BCUT2D eigenvalue weighted by molar-refractivity contribution is 0.0365. The maximum atomic E-state index is 6.31. The average molecular weight is 269 g/mol. The molecule has 4 heteroatoms. The number of aromatic nitrogens is 2. The van der Waals surface area contributed by atoms with E-state index in [0.29, 0.717) is 6.10 Å². The van der Waals surface area contributed by atoms with Crippen molar-refractivity contribution in [1.82, 2.24) is 9.78 Å². The first-order valence-electron chi connectivity index (χ1n) is 6.90. The molecule has 2 atom stereocenters.